The van der Waals surface area contributed by atoms with Crippen molar-refractivity contribution in [3.8, 4) is 0 Å². The summed E-state index contributed by atoms with van der Waals surface area (Å²) in [5.74, 6) is 0. The number of anilines is 1. The molecule has 0 spiro atoms. The number of nitrogens with zero attached hydrogens (tertiary/aromatic N) is 1. The lowest BCUT2D eigenvalue weighted by atomic mass is 10.1. The predicted octanol–water partition coefficient (Wildman–Crippen LogP) is 3.85. The molecule has 2 N–H and O–H groups in total. The van der Waals surface area contributed by atoms with Crippen molar-refractivity contribution >= 4 is 44.1 Å². The van der Waals surface area contributed by atoms with Gasteiger partial charge in [-0.25, -0.2) is 0 Å². The maximum Gasteiger partial charge on any atom is 0.0949 e. The molecule has 0 saturated heterocycles. The van der Waals surface area contributed by atoms with Gasteiger partial charge in [0, 0.05) is 16.1 Å². The first-order valence-electron chi connectivity index (χ1n) is 4.51. The van der Waals surface area contributed by atoms with Crippen LogP contribution in [0.15, 0.2) is 16.7 Å². The molecule has 1 aromatic carbocycles. The van der Waals surface area contributed by atoms with E-state index in [1.807, 2.05) is 19.9 Å². The molecule has 0 unspecified atom stereocenters. The van der Waals surface area contributed by atoms with Crippen LogP contribution in [0.1, 0.15) is 11.1 Å². The maximum absolute atomic E-state index is 6.21. The molecule has 0 saturated carbocycles. The summed E-state index contributed by atoms with van der Waals surface area (Å²) in [7, 11) is 0. The number of hydrogen-bond donors (Lipinski definition) is 1. The highest BCUT2D eigenvalue weighted by atomic mass is 79.9. The maximum atomic E-state index is 6.21. The fourth-order valence-electron chi connectivity index (χ4n) is 1.49. The van der Waals surface area contributed by atoms with Gasteiger partial charge >= 0.3 is 0 Å². The van der Waals surface area contributed by atoms with Crippen LogP contribution in [-0.2, 0) is 0 Å². The summed E-state index contributed by atoms with van der Waals surface area (Å²) in [4.78, 5) is 4.31. The Balaban J connectivity index is 2.98. The number of rotatable bonds is 0. The zero-order valence-electron chi connectivity index (χ0n) is 8.44. The van der Waals surface area contributed by atoms with Gasteiger partial charge in [-0.3, -0.25) is 4.98 Å². The molecule has 0 atom stereocenters. The molecule has 0 bridgehead atoms. The van der Waals surface area contributed by atoms with Crippen molar-refractivity contribution in [3.63, 3.8) is 0 Å². The summed E-state index contributed by atoms with van der Waals surface area (Å²) in [5.41, 5.74) is 9.39. The first kappa shape index (κ1) is 10.7. The third-order valence-corrected chi connectivity index (χ3v) is 3.84. The Morgan fingerprint density at radius 3 is 2.73 bits per heavy atom. The smallest absolute Gasteiger partial charge is 0.0949 e. The van der Waals surface area contributed by atoms with Gasteiger partial charge in [0.05, 0.1) is 16.2 Å². The van der Waals surface area contributed by atoms with Crippen molar-refractivity contribution < 1.29 is 0 Å². The van der Waals surface area contributed by atoms with Crippen molar-refractivity contribution in [1.29, 1.82) is 0 Å². The largest absolute Gasteiger partial charge is 0.397 e. The fraction of sp³-hybridized carbons (Fsp3) is 0.182. The molecule has 0 aliphatic heterocycles. The number of fused-ring (bicyclic) bond motifs is 1. The quantitative estimate of drug-likeness (QED) is 0.747. The number of halogens is 2. The number of aromatic nitrogens is 1. The molecule has 0 aliphatic carbocycles. The minimum Gasteiger partial charge on any atom is -0.397 e. The second kappa shape index (κ2) is 3.65. The van der Waals surface area contributed by atoms with Crippen LogP contribution in [0, 0.1) is 13.8 Å². The zero-order valence-corrected chi connectivity index (χ0v) is 10.8. The number of hydrogen-bond acceptors (Lipinski definition) is 2. The molecular weight excluding hydrogens is 275 g/mol. The number of aryl methyl sites for hydroxylation is 1. The summed E-state index contributed by atoms with van der Waals surface area (Å²) in [6.07, 6.45) is 1.74. The third kappa shape index (κ3) is 1.60. The number of pyridine rings is 1. The van der Waals surface area contributed by atoms with E-state index in [2.05, 4.69) is 20.9 Å². The van der Waals surface area contributed by atoms with Gasteiger partial charge in [0.2, 0.25) is 0 Å². The summed E-state index contributed by atoms with van der Waals surface area (Å²) in [5, 5.41) is 1.61. The molecule has 0 radical (unpaired) electrons. The van der Waals surface area contributed by atoms with Crippen molar-refractivity contribution in [2.24, 2.45) is 0 Å². The Bertz CT molecular complexity index is 552. The molecule has 2 nitrogen and oxygen atoms in total. The van der Waals surface area contributed by atoms with Crippen LogP contribution in [0.5, 0.6) is 0 Å². The van der Waals surface area contributed by atoms with E-state index in [1.165, 1.54) is 0 Å². The van der Waals surface area contributed by atoms with E-state index >= 15 is 0 Å². The SMILES string of the molecule is Cc1cnc2c(N)c(C)c(Br)cc2c1Cl. The normalized spacial score (nSPS) is 10.9. The molecule has 2 aromatic rings. The molecule has 78 valence electrons. The molecular formula is C11H10BrClN2. The van der Waals surface area contributed by atoms with Crippen LogP contribution in [0.3, 0.4) is 0 Å². The number of benzene rings is 1. The second-order valence-electron chi connectivity index (χ2n) is 3.55. The van der Waals surface area contributed by atoms with E-state index in [0.29, 0.717) is 10.7 Å². The van der Waals surface area contributed by atoms with E-state index in [0.717, 1.165) is 26.5 Å². The minimum absolute atomic E-state index is 0.682. The summed E-state index contributed by atoms with van der Waals surface area (Å²) < 4.78 is 0.960. The van der Waals surface area contributed by atoms with Gasteiger partial charge in [-0.05, 0) is 31.0 Å². The van der Waals surface area contributed by atoms with Crippen LogP contribution in [0.2, 0.25) is 5.02 Å². The van der Waals surface area contributed by atoms with Gasteiger partial charge in [-0.15, -0.1) is 0 Å². The Hall–Kier alpha value is -0.800. The van der Waals surface area contributed by atoms with E-state index < -0.39 is 0 Å². The van der Waals surface area contributed by atoms with Crippen LogP contribution < -0.4 is 5.73 Å². The van der Waals surface area contributed by atoms with E-state index in [1.54, 1.807) is 6.20 Å². The second-order valence-corrected chi connectivity index (χ2v) is 4.78. The Morgan fingerprint density at radius 1 is 1.40 bits per heavy atom. The topological polar surface area (TPSA) is 38.9 Å². The standard InChI is InChI=1S/C11H10BrClN2/c1-5-4-15-11-7(9(5)13)3-8(12)6(2)10(11)14/h3-4H,14H2,1-2H3. The average Bonchev–Trinajstić information content (AvgIpc) is 2.21. The Morgan fingerprint density at radius 2 is 2.07 bits per heavy atom. The van der Waals surface area contributed by atoms with Gasteiger partial charge in [0.15, 0.2) is 0 Å². The summed E-state index contributed by atoms with van der Waals surface area (Å²) >= 11 is 9.67. The first-order valence-corrected chi connectivity index (χ1v) is 5.69. The predicted molar refractivity (Wildman–Crippen MR) is 68.3 cm³/mol. The molecule has 0 aliphatic rings. The zero-order chi connectivity index (χ0) is 11.2. The third-order valence-electron chi connectivity index (χ3n) is 2.51. The molecule has 1 aromatic heterocycles. The molecule has 1 heterocycles. The molecule has 2 rings (SSSR count). The van der Waals surface area contributed by atoms with E-state index in [-0.39, 0.29) is 0 Å². The van der Waals surface area contributed by atoms with Crippen LogP contribution in [-0.4, -0.2) is 4.98 Å². The van der Waals surface area contributed by atoms with Gasteiger partial charge < -0.3 is 5.73 Å². The van der Waals surface area contributed by atoms with Crippen LogP contribution in [0.4, 0.5) is 5.69 Å². The molecule has 4 heteroatoms. The number of nitrogens with two attached hydrogens (primary N) is 1. The van der Waals surface area contributed by atoms with Crippen molar-refractivity contribution in [1.82, 2.24) is 4.98 Å². The van der Waals surface area contributed by atoms with E-state index in [9.17, 15) is 0 Å². The van der Waals surface area contributed by atoms with Gasteiger partial charge in [0.1, 0.15) is 0 Å². The Kier molecular flexibility index (Phi) is 2.61. The highest BCUT2D eigenvalue weighted by molar-refractivity contribution is 9.10. The lowest BCUT2D eigenvalue weighted by Gasteiger charge is -2.09. The molecule has 0 amide bonds. The number of nitrogen functional groups attached to an aromatic ring is 1. The van der Waals surface area contributed by atoms with Gasteiger partial charge in [-0.1, -0.05) is 27.5 Å². The monoisotopic (exact) mass is 284 g/mol. The van der Waals surface area contributed by atoms with Gasteiger partial charge in [0.25, 0.3) is 0 Å². The first-order chi connectivity index (χ1) is 7.02. The van der Waals surface area contributed by atoms with E-state index in [4.69, 9.17) is 17.3 Å². The highest BCUT2D eigenvalue weighted by Crippen LogP contribution is 2.34. The average molecular weight is 286 g/mol. The summed E-state index contributed by atoms with van der Waals surface area (Å²) in [6, 6.07) is 1.96. The highest BCUT2D eigenvalue weighted by Gasteiger charge is 2.10. The van der Waals surface area contributed by atoms with Crippen molar-refractivity contribution in [2.75, 3.05) is 5.73 Å². The lowest BCUT2D eigenvalue weighted by molar-refractivity contribution is 1.32. The lowest BCUT2D eigenvalue weighted by Crippen LogP contribution is -1.95. The van der Waals surface area contributed by atoms with Crippen LogP contribution in [0.25, 0.3) is 10.9 Å². The minimum atomic E-state index is 0.682. The van der Waals surface area contributed by atoms with Crippen LogP contribution >= 0.6 is 27.5 Å². The van der Waals surface area contributed by atoms with Gasteiger partial charge in [-0.2, -0.15) is 0 Å². The summed E-state index contributed by atoms with van der Waals surface area (Å²) in [6.45, 7) is 3.88. The molecule has 0 fully saturated rings. The Labute approximate surface area is 102 Å². The fourth-order valence-corrected chi connectivity index (χ4v) is 2.13. The molecule has 15 heavy (non-hydrogen) atoms. The van der Waals surface area contributed by atoms with Crippen molar-refractivity contribution in [2.45, 2.75) is 13.8 Å². The van der Waals surface area contributed by atoms with Crippen molar-refractivity contribution in [3.05, 3.63) is 32.9 Å².